The summed E-state index contributed by atoms with van der Waals surface area (Å²) in [5, 5.41) is 3.45. The van der Waals surface area contributed by atoms with Crippen molar-refractivity contribution in [3.63, 3.8) is 0 Å². The molecule has 76 valence electrons. The van der Waals surface area contributed by atoms with Crippen LogP contribution in [-0.2, 0) is 0 Å². The molecule has 2 nitrogen and oxygen atoms in total. The summed E-state index contributed by atoms with van der Waals surface area (Å²) in [5.74, 6) is 0.718. The molecule has 1 N–H and O–H groups in total. The Bertz CT molecular complexity index is 165. The first kappa shape index (κ1) is 10.7. The van der Waals surface area contributed by atoms with Gasteiger partial charge in [0.1, 0.15) is 0 Å². The van der Waals surface area contributed by atoms with Gasteiger partial charge in [-0.05, 0) is 12.8 Å². The Balaban J connectivity index is 2.61. The standard InChI is InChI=1S/C11H22N2/c1-5-10(4)13-7-6-12-8-11(13)9(2)3/h5,9-12H,1,6-8H2,2-4H3. The third kappa shape index (κ3) is 2.55. The van der Waals surface area contributed by atoms with Gasteiger partial charge in [-0.3, -0.25) is 4.90 Å². The molecular weight excluding hydrogens is 160 g/mol. The van der Waals surface area contributed by atoms with Gasteiger partial charge >= 0.3 is 0 Å². The van der Waals surface area contributed by atoms with Gasteiger partial charge in [0.15, 0.2) is 0 Å². The monoisotopic (exact) mass is 182 g/mol. The maximum absolute atomic E-state index is 3.87. The van der Waals surface area contributed by atoms with Crippen LogP contribution < -0.4 is 5.32 Å². The van der Waals surface area contributed by atoms with Crippen molar-refractivity contribution in [3.8, 4) is 0 Å². The van der Waals surface area contributed by atoms with Gasteiger partial charge in [0.2, 0.25) is 0 Å². The molecule has 13 heavy (non-hydrogen) atoms. The molecule has 0 spiro atoms. The van der Waals surface area contributed by atoms with Gasteiger partial charge in [0.05, 0.1) is 0 Å². The number of hydrogen-bond acceptors (Lipinski definition) is 2. The molecule has 1 saturated heterocycles. The molecule has 0 bridgehead atoms. The molecule has 1 aliphatic heterocycles. The second-order valence-electron chi connectivity index (χ2n) is 4.23. The van der Waals surface area contributed by atoms with Gasteiger partial charge in [0.25, 0.3) is 0 Å². The summed E-state index contributed by atoms with van der Waals surface area (Å²) in [6, 6.07) is 1.18. The van der Waals surface area contributed by atoms with Gasteiger partial charge in [-0.15, -0.1) is 6.58 Å². The third-order valence-electron chi connectivity index (χ3n) is 2.96. The first-order chi connectivity index (χ1) is 6.16. The number of piperazine rings is 1. The Morgan fingerprint density at radius 2 is 2.15 bits per heavy atom. The Kier molecular flexibility index (Phi) is 3.94. The minimum Gasteiger partial charge on any atom is -0.314 e. The fourth-order valence-corrected chi connectivity index (χ4v) is 2.00. The molecule has 0 aromatic heterocycles. The molecule has 0 radical (unpaired) electrons. The molecule has 0 aliphatic carbocycles. The van der Waals surface area contributed by atoms with E-state index in [2.05, 4.69) is 37.6 Å². The molecule has 0 aromatic carbocycles. The van der Waals surface area contributed by atoms with E-state index in [1.807, 2.05) is 6.08 Å². The average molecular weight is 182 g/mol. The Morgan fingerprint density at radius 3 is 2.69 bits per heavy atom. The SMILES string of the molecule is C=CC(C)N1CCNCC1C(C)C. The zero-order valence-corrected chi connectivity index (χ0v) is 9.09. The lowest BCUT2D eigenvalue weighted by molar-refractivity contribution is 0.104. The van der Waals surface area contributed by atoms with Gasteiger partial charge in [-0.25, -0.2) is 0 Å². The molecule has 1 aliphatic rings. The Labute approximate surface area is 82.0 Å². The summed E-state index contributed by atoms with van der Waals surface area (Å²) in [4.78, 5) is 2.55. The number of rotatable bonds is 3. The molecule has 0 amide bonds. The predicted octanol–water partition coefficient (Wildman–Crippen LogP) is 1.49. The van der Waals surface area contributed by atoms with Crippen molar-refractivity contribution < 1.29 is 0 Å². The van der Waals surface area contributed by atoms with Gasteiger partial charge in [0, 0.05) is 31.7 Å². The fraction of sp³-hybridized carbons (Fsp3) is 0.818. The highest BCUT2D eigenvalue weighted by Gasteiger charge is 2.26. The van der Waals surface area contributed by atoms with Crippen molar-refractivity contribution in [3.05, 3.63) is 12.7 Å². The minimum atomic E-state index is 0.509. The van der Waals surface area contributed by atoms with Crippen LogP contribution in [0.1, 0.15) is 20.8 Å². The lowest BCUT2D eigenvalue weighted by Crippen LogP contribution is -2.56. The van der Waals surface area contributed by atoms with Crippen molar-refractivity contribution in [1.29, 1.82) is 0 Å². The van der Waals surface area contributed by atoms with Crippen molar-refractivity contribution in [1.82, 2.24) is 10.2 Å². The number of hydrogen-bond donors (Lipinski definition) is 1. The smallest absolute Gasteiger partial charge is 0.0251 e. The van der Waals surface area contributed by atoms with E-state index in [1.54, 1.807) is 0 Å². The summed E-state index contributed by atoms with van der Waals surface area (Å²) in [5.41, 5.74) is 0. The fourth-order valence-electron chi connectivity index (χ4n) is 2.00. The van der Waals surface area contributed by atoms with Crippen LogP contribution in [0.25, 0.3) is 0 Å². The maximum atomic E-state index is 3.87. The molecule has 1 rings (SSSR count). The van der Waals surface area contributed by atoms with Crippen LogP contribution in [0.15, 0.2) is 12.7 Å². The topological polar surface area (TPSA) is 15.3 Å². The van der Waals surface area contributed by atoms with Crippen LogP contribution in [0, 0.1) is 5.92 Å². The van der Waals surface area contributed by atoms with Crippen molar-refractivity contribution >= 4 is 0 Å². The largest absolute Gasteiger partial charge is 0.314 e. The van der Waals surface area contributed by atoms with Gasteiger partial charge in [-0.1, -0.05) is 19.9 Å². The predicted molar refractivity (Wildman–Crippen MR) is 57.9 cm³/mol. The first-order valence-corrected chi connectivity index (χ1v) is 5.25. The molecule has 1 heterocycles. The summed E-state index contributed by atoms with van der Waals surface area (Å²) in [6.07, 6.45) is 2.04. The van der Waals surface area contributed by atoms with Crippen molar-refractivity contribution in [2.24, 2.45) is 5.92 Å². The zero-order valence-electron chi connectivity index (χ0n) is 9.09. The summed E-state index contributed by atoms with van der Waals surface area (Å²) in [6.45, 7) is 14.1. The van der Waals surface area contributed by atoms with Crippen LogP contribution >= 0.6 is 0 Å². The highest BCUT2D eigenvalue weighted by atomic mass is 15.2. The van der Waals surface area contributed by atoms with Crippen LogP contribution in [0.2, 0.25) is 0 Å². The van der Waals surface area contributed by atoms with E-state index in [0.717, 1.165) is 25.6 Å². The van der Waals surface area contributed by atoms with E-state index in [9.17, 15) is 0 Å². The molecule has 1 fully saturated rings. The Morgan fingerprint density at radius 1 is 1.46 bits per heavy atom. The lowest BCUT2D eigenvalue weighted by atomic mass is 9.99. The summed E-state index contributed by atoms with van der Waals surface area (Å²) < 4.78 is 0. The second-order valence-corrected chi connectivity index (χ2v) is 4.23. The summed E-state index contributed by atoms with van der Waals surface area (Å²) >= 11 is 0. The second kappa shape index (κ2) is 4.77. The van der Waals surface area contributed by atoms with E-state index in [4.69, 9.17) is 0 Å². The lowest BCUT2D eigenvalue weighted by Gasteiger charge is -2.41. The molecule has 0 saturated carbocycles. The zero-order chi connectivity index (χ0) is 9.84. The average Bonchev–Trinajstić information content (AvgIpc) is 2.16. The molecular formula is C11H22N2. The molecule has 0 aromatic rings. The van der Waals surface area contributed by atoms with Crippen LogP contribution in [0.5, 0.6) is 0 Å². The highest BCUT2D eigenvalue weighted by Crippen LogP contribution is 2.16. The van der Waals surface area contributed by atoms with E-state index in [-0.39, 0.29) is 0 Å². The molecule has 2 unspecified atom stereocenters. The van der Waals surface area contributed by atoms with Crippen LogP contribution in [0.4, 0.5) is 0 Å². The Hall–Kier alpha value is -0.340. The number of nitrogens with one attached hydrogen (secondary N) is 1. The first-order valence-electron chi connectivity index (χ1n) is 5.25. The number of nitrogens with zero attached hydrogens (tertiary/aromatic N) is 1. The summed E-state index contributed by atoms with van der Waals surface area (Å²) in [7, 11) is 0. The van der Waals surface area contributed by atoms with E-state index in [1.165, 1.54) is 0 Å². The molecule has 2 heteroatoms. The van der Waals surface area contributed by atoms with Crippen molar-refractivity contribution in [2.75, 3.05) is 19.6 Å². The van der Waals surface area contributed by atoms with E-state index in [0.29, 0.717) is 12.1 Å². The maximum Gasteiger partial charge on any atom is 0.0251 e. The highest BCUT2D eigenvalue weighted by molar-refractivity contribution is 4.92. The van der Waals surface area contributed by atoms with Crippen LogP contribution in [-0.4, -0.2) is 36.6 Å². The minimum absolute atomic E-state index is 0.509. The normalized spacial score (nSPS) is 27.5. The van der Waals surface area contributed by atoms with Crippen molar-refractivity contribution in [2.45, 2.75) is 32.9 Å². The quantitative estimate of drug-likeness (QED) is 0.665. The van der Waals surface area contributed by atoms with Gasteiger partial charge in [-0.2, -0.15) is 0 Å². The van der Waals surface area contributed by atoms with E-state index >= 15 is 0 Å². The van der Waals surface area contributed by atoms with Gasteiger partial charge < -0.3 is 5.32 Å². The third-order valence-corrected chi connectivity index (χ3v) is 2.96. The van der Waals surface area contributed by atoms with E-state index < -0.39 is 0 Å². The molecule has 2 atom stereocenters. The van der Waals surface area contributed by atoms with Crippen LogP contribution in [0.3, 0.4) is 0 Å².